The van der Waals surface area contributed by atoms with Crippen molar-refractivity contribution >= 4 is 16.8 Å². The van der Waals surface area contributed by atoms with Crippen molar-refractivity contribution in [2.45, 2.75) is 25.8 Å². The van der Waals surface area contributed by atoms with Gasteiger partial charge in [0.25, 0.3) is 0 Å². The van der Waals surface area contributed by atoms with Gasteiger partial charge in [-0.05, 0) is 36.1 Å². The molecule has 3 rings (SSSR count). The Morgan fingerprint density at radius 3 is 2.90 bits per heavy atom. The number of amides is 1. The number of hydrogen-bond donors (Lipinski definition) is 3. The quantitative estimate of drug-likeness (QED) is 0.638. The molecule has 21 heavy (non-hydrogen) atoms. The Morgan fingerprint density at radius 2 is 2.05 bits per heavy atom. The maximum Gasteiger partial charge on any atom is 0.220 e. The normalized spacial score (nSPS) is 10.9. The molecular weight excluding hydrogens is 262 g/mol. The Kier molecular flexibility index (Phi) is 4.05. The summed E-state index contributed by atoms with van der Waals surface area (Å²) in [7, 11) is 0. The summed E-state index contributed by atoms with van der Waals surface area (Å²) in [6, 6.07) is 10.2. The Labute approximate surface area is 123 Å². The van der Waals surface area contributed by atoms with Crippen LogP contribution in [0.4, 0.5) is 0 Å². The van der Waals surface area contributed by atoms with Crippen LogP contribution in [0.1, 0.15) is 24.0 Å². The lowest BCUT2D eigenvalue weighted by molar-refractivity contribution is -0.121. The summed E-state index contributed by atoms with van der Waals surface area (Å²) in [5, 5.41) is 4.19. The van der Waals surface area contributed by atoms with Crippen LogP contribution in [0.3, 0.4) is 0 Å². The zero-order chi connectivity index (χ0) is 14.5. The largest absolute Gasteiger partial charge is 0.367 e. The Morgan fingerprint density at radius 1 is 1.14 bits per heavy atom. The SMILES string of the molecule is O=C(CCCc1c[nH]c2ccccc12)NCc1cc[nH]c1. The predicted molar refractivity (Wildman–Crippen MR) is 83.9 cm³/mol. The molecule has 2 heterocycles. The molecular formula is C17H19N3O. The number of carbonyl (C=O) groups excluding carboxylic acids is 1. The first kappa shape index (κ1) is 13.5. The topological polar surface area (TPSA) is 60.7 Å². The standard InChI is InChI=1S/C17H19N3O/c21-17(20-11-13-8-9-18-10-13)7-3-4-14-12-19-16-6-2-1-5-15(14)16/h1-2,5-6,8-10,12,18-19H,3-4,7,11H2,(H,20,21). The van der Waals surface area contributed by atoms with E-state index in [1.54, 1.807) is 0 Å². The number of aromatic nitrogens is 2. The van der Waals surface area contributed by atoms with Crippen LogP contribution >= 0.6 is 0 Å². The minimum Gasteiger partial charge on any atom is -0.367 e. The van der Waals surface area contributed by atoms with Gasteiger partial charge in [0.15, 0.2) is 0 Å². The summed E-state index contributed by atoms with van der Waals surface area (Å²) in [5.74, 6) is 0.107. The third-order valence-corrected chi connectivity index (χ3v) is 3.68. The number of H-pyrrole nitrogens is 2. The highest BCUT2D eigenvalue weighted by Crippen LogP contribution is 2.19. The summed E-state index contributed by atoms with van der Waals surface area (Å²) >= 11 is 0. The molecule has 0 fully saturated rings. The van der Waals surface area contributed by atoms with E-state index in [-0.39, 0.29) is 5.91 Å². The highest BCUT2D eigenvalue weighted by Gasteiger charge is 2.05. The Balaban J connectivity index is 1.46. The fraction of sp³-hybridized carbons (Fsp3) is 0.235. The molecule has 0 radical (unpaired) electrons. The molecule has 4 heteroatoms. The number of hydrogen-bond acceptors (Lipinski definition) is 1. The molecule has 2 aromatic heterocycles. The van der Waals surface area contributed by atoms with Crippen molar-refractivity contribution < 1.29 is 4.79 Å². The van der Waals surface area contributed by atoms with Crippen molar-refractivity contribution in [3.05, 3.63) is 60.0 Å². The summed E-state index contributed by atoms with van der Waals surface area (Å²) in [5.41, 5.74) is 3.54. The molecule has 108 valence electrons. The minimum atomic E-state index is 0.107. The van der Waals surface area contributed by atoms with Crippen LogP contribution < -0.4 is 5.32 Å². The maximum absolute atomic E-state index is 11.8. The molecule has 0 unspecified atom stereocenters. The third-order valence-electron chi connectivity index (χ3n) is 3.68. The molecule has 1 amide bonds. The molecule has 3 N–H and O–H groups in total. The average molecular weight is 281 g/mol. The van der Waals surface area contributed by atoms with Crippen molar-refractivity contribution in [2.75, 3.05) is 0 Å². The summed E-state index contributed by atoms with van der Waals surface area (Å²) in [6.07, 6.45) is 8.14. The van der Waals surface area contributed by atoms with Crippen molar-refractivity contribution in [2.24, 2.45) is 0 Å². The van der Waals surface area contributed by atoms with Gasteiger partial charge in [-0.1, -0.05) is 18.2 Å². The number of aryl methyl sites for hydroxylation is 1. The first-order valence-corrected chi connectivity index (χ1v) is 7.26. The molecule has 0 atom stereocenters. The van der Waals surface area contributed by atoms with E-state index in [1.807, 2.05) is 36.8 Å². The number of fused-ring (bicyclic) bond motifs is 1. The maximum atomic E-state index is 11.8. The van der Waals surface area contributed by atoms with E-state index in [9.17, 15) is 4.79 Å². The summed E-state index contributed by atoms with van der Waals surface area (Å²) in [6.45, 7) is 0.593. The number of benzene rings is 1. The molecule has 0 aliphatic carbocycles. The summed E-state index contributed by atoms with van der Waals surface area (Å²) < 4.78 is 0. The molecule has 4 nitrogen and oxygen atoms in total. The Hall–Kier alpha value is -2.49. The summed E-state index contributed by atoms with van der Waals surface area (Å²) in [4.78, 5) is 18.0. The Bertz CT molecular complexity index is 713. The van der Waals surface area contributed by atoms with Crippen LogP contribution in [0, 0.1) is 0 Å². The molecule has 0 bridgehead atoms. The number of nitrogens with one attached hydrogen (secondary N) is 3. The predicted octanol–water partition coefficient (Wildman–Crippen LogP) is 3.14. The van der Waals surface area contributed by atoms with Gasteiger partial charge in [0.1, 0.15) is 0 Å². The van der Waals surface area contributed by atoms with E-state index in [1.165, 1.54) is 10.9 Å². The fourth-order valence-electron chi connectivity index (χ4n) is 2.54. The molecule has 0 aliphatic rings. The van der Waals surface area contributed by atoms with E-state index in [2.05, 4.69) is 27.4 Å². The lowest BCUT2D eigenvalue weighted by atomic mass is 10.1. The van der Waals surface area contributed by atoms with Gasteiger partial charge in [-0.2, -0.15) is 0 Å². The van der Waals surface area contributed by atoms with Gasteiger partial charge < -0.3 is 15.3 Å². The molecule has 0 saturated carbocycles. The zero-order valence-corrected chi connectivity index (χ0v) is 11.9. The average Bonchev–Trinajstić information content (AvgIpc) is 3.15. The minimum absolute atomic E-state index is 0.107. The molecule has 0 aliphatic heterocycles. The lowest BCUT2D eigenvalue weighted by Crippen LogP contribution is -2.22. The van der Waals surface area contributed by atoms with Crippen molar-refractivity contribution in [1.82, 2.24) is 15.3 Å². The number of carbonyl (C=O) groups is 1. The fourth-order valence-corrected chi connectivity index (χ4v) is 2.54. The van der Waals surface area contributed by atoms with Gasteiger partial charge in [-0.3, -0.25) is 4.79 Å². The third kappa shape index (κ3) is 3.34. The van der Waals surface area contributed by atoms with Gasteiger partial charge in [-0.15, -0.1) is 0 Å². The van der Waals surface area contributed by atoms with Gasteiger partial charge in [0.05, 0.1) is 0 Å². The van der Waals surface area contributed by atoms with Crippen molar-refractivity contribution in [1.29, 1.82) is 0 Å². The lowest BCUT2D eigenvalue weighted by Gasteiger charge is -2.03. The number of rotatable bonds is 6. The van der Waals surface area contributed by atoms with E-state index in [4.69, 9.17) is 0 Å². The molecule has 1 aromatic carbocycles. The monoisotopic (exact) mass is 281 g/mol. The highest BCUT2D eigenvalue weighted by molar-refractivity contribution is 5.83. The second-order valence-corrected chi connectivity index (χ2v) is 5.21. The first-order chi connectivity index (χ1) is 10.3. The van der Waals surface area contributed by atoms with Gasteiger partial charge >= 0.3 is 0 Å². The molecule has 3 aromatic rings. The zero-order valence-electron chi connectivity index (χ0n) is 11.9. The van der Waals surface area contributed by atoms with Crippen LogP contribution in [0.15, 0.2) is 48.9 Å². The van der Waals surface area contributed by atoms with Crippen LogP contribution in [-0.2, 0) is 17.8 Å². The molecule has 0 saturated heterocycles. The van der Waals surface area contributed by atoms with Gasteiger partial charge in [-0.25, -0.2) is 0 Å². The molecule has 0 spiro atoms. The van der Waals surface area contributed by atoms with Crippen LogP contribution in [0.5, 0.6) is 0 Å². The van der Waals surface area contributed by atoms with E-state index < -0.39 is 0 Å². The van der Waals surface area contributed by atoms with Crippen LogP contribution in [0.25, 0.3) is 10.9 Å². The van der Waals surface area contributed by atoms with E-state index in [0.29, 0.717) is 13.0 Å². The number of para-hydroxylation sites is 1. The van der Waals surface area contributed by atoms with Gasteiger partial charge in [0.2, 0.25) is 5.91 Å². The van der Waals surface area contributed by atoms with Crippen molar-refractivity contribution in [3.63, 3.8) is 0 Å². The van der Waals surface area contributed by atoms with Crippen LogP contribution in [-0.4, -0.2) is 15.9 Å². The van der Waals surface area contributed by atoms with Crippen LogP contribution in [0.2, 0.25) is 0 Å². The van der Waals surface area contributed by atoms with Crippen molar-refractivity contribution in [3.8, 4) is 0 Å². The highest BCUT2D eigenvalue weighted by atomic mass is 16.1. The number of aromatic amines is 2. The second kappa shape index (κ2) is 6.31. The smallest absolute Gasteiger partial charge is 0.220 e. The first-order valence-electron chi connectivity index (χ1n) is 7.26. The van der Waals surface area contributed by atoms with E-state index in [0.717, 1.165) is 23.9 Å². The van der Waals surface area contributed by atoms with Gasteiger partial charge in [0, 0.05) is 42.5 Å². The second-order valence-electron chi connectivity index (χ2n) is 5.21. The van der Waals surface area contributed by atoms with E-state index >= 15 is 0 Å².